The van der Waals surface area contributed by atoms with E-state index in [2.05, 4.69) is 30.7 Å². The highest BCUT2D eigenvalue weighted by Crippen LogP contribution is 2.31. The van der Waals surface area contributed by atoms with Gasteiger partial charge in [0.15, 0.2) is 0 Å². The summed E-state index contributed by atoms with van der Waals surface area (Å²) < 4.78 is 11.0. The Balaban J connectivity index is 1.80. The Labute approximate surface area is 150 Å². The maximum atomic E-state index is 5.52. The number of ether oxygens (including phenoxy) is 2. The van der Waals surface area contributed by atoms with Crippen LogP contribution in [0.2, 0.25) is 0 Å². The lowest BCUT2D eigenvalue weighted by Gasteiger charge is -2.30. The number of benzene rings is 1. The fourth-order valence-corrected chi connectivity index (χ4v) is 3.18. The molecule has 134 valence electrons. The third-order valence-corrected chi connectivity index (χ3v) is 4.60. The molecule has 0 amide bonds. The van der Waals surface area contributed by atoms with Crippen molar-refractivity contribution in [2.45, 2.75) is 45.7 Å². The van der Waals surface area contributed by atoms with E-state index in [9.17, 15) is 0 Å². The van der Waals surface area contributed by atoms with Crippen molar-refractivity contribution in [3.8, 4) is 11.5 Å². The summed E-state index contributed by atoms with van der Waals surface area (Å²) in [4.78, 5) is 11.8. The number of aromatic nitrogens is 2. The molecule has 5 heteroatoms. The maximum Gasteiger partial charge on any atom is 0.133 e. The average molecular weight is 341 g/mol. The Morgan fingerprint density at radius 3 is 2.40 bits per heavy atom. The van der Waals surface area contributed by atoms with Gasteiger partial charge in [-0.1, -0.05) is 26.8 Å². The minimum Gasteiger partial charge on any atom is -0.496 e. The number of rotatable bonds is 4. The summed E-state index contributed by atoms with van der Waals surface area (Å²) in [6.07, 6.45) is 2.94. The second-order valence-electron chi connectivity index (χ2n) is 7.52. The van der Waals surface area contributed by atoms with Crippen LogP contribution in [0.4, 0.5) is 0 Å². The van der Waals surface area contributed by atoms with Gasteiger partial charge in [0.25, 0.3) is 0 Å². The zero-order chi connectivity index (χ0) is 18.0. The quantitative estimate of drug-likeness (QED) is 0.853. The van der Waals surface area contributed by atoms with Gasteiger partial charge in [0.1, 0.15) is 17.3 Å². The van der Waals surface area contributed by atoms with E-state index in [4.69, 9.17) is 14.5 Å². The molecule has 1 aliphatic heterocycles. The van der Waals surface area contributed by atoms with Crippen LogP contribution in [0.5, 0.6) is 11.5 Å². The van der Waals surface area contributed by atoms with Crippen LogP contribution in [-0.2, 0) is 24.9 Å². The second kappa shape index (κ2) is 7.00. The lowest BCUT2D eigenvalue weighted by atomic mass is 9.95. The molecule has 0 aliphatic carbocycles. The van der Waals surface area contributed by atoms with Crippen LogP contribution >= 0.6 is 0 Å². The minimum atomic E-state index is -0.0169. The molecule has 0 saturated carbocycles. The molecule has 3 rings (SSSR count). The van der Waals surface area contributed by atoms with Crippen molar-refractivity contribution in [3.05, 3.63) is 47.0 Å². The van der Waals surface area contributed by atoms with Gasteiger partial charge < -0.3 is 9.47 Å². The van der Waals surface area contributed by atoms with Gasteiger partial charge in [-0.15, -0.1) is 0 Å². The van der Waals surface area contributed by atoms with Gasteiger partial charge in [0, 0.05) is 48.9 Å². The zero-order valence-corrected chi connectivity index (χ0v) is 15.8. The van der Waals surface area contributed by atoms with Crippen LogP contribution in [0, 0.1) is 0 Å². The van der Waals surface area contributed by atoms with Gasteiger partial charge in [-0.2, -0.15) is 0 Å². The van der Waals surface area contributed by atoms with E-state index in [0.717, 1.165) is 48.9 Å². The summed E-state index contributed by atoms with van der Waals surface area (Å²) in [5.74, 6) is 2.65. The fraction of sp³-hybridized carbons (Fsp3) is 0.500. The van der Waals surface area contributed by atoms with Gasteiger partial charge in [-0.05, 0) is 12.1 Å². The molecule has 0 radical (unpaired) electrons. The monoisotopic (exact) mass is 341 g/mol. The molecule has 0 unspecified atom stereocenters. The Morgan fingerprint density at radius 2 is 1.80 bits per heavy atom. The molecule has 0 bridgehead atoms. The molecule has 5 nitrogen and oxygen atoms in total. The van der Waals surface area contributed by atoms with E-state index in [1.807, 2.05) is 24.4 Å². The van der Waals surface area contributed by atoms with Gasteiger partial charge in [-0.25, -0.2) is 9.97 Å². The fourth-order valence-electron chi connectivity index (χ4n) is 3.18. The largest absolute Gasteiger partial charge is 0.496 e. The summed E-state index contributed by atoms with van der Waals surface area (Å²) in [7, 11) is 3.40. The van der Waals surface area contributed by atoms with Crippen molar-refractivity contribution >= 4 is 0 Å². The molecule has 0 spiro atoms. The highest BCUT2D eigenvalue weighted by molar-refractivity contribution is 5.44. The first-order valence-electron chi connectivity index (χ1n) is 8.70. The van der Waals surface area contributed by atoms with Crippen LogP contribution < -0.4 is 9.47 Å². The lowest BCUT2D eigenvalue weighted by Crippen LogP contribution is -2.32. The van der Waals surface area contributed by atoms with Gasteiger partial charge >= 0.3 is 0 Å². The van der Waals surface area contributed by atoms with E-state index in [-0.39, 0.29) is 5.41 Å². The van der Waals surface area contributed by atoms with Crippen LogP contribution in [0.25, 0.3) is 0 Å². The first kappa shape index (κ1) is 17.7. The standard InChI is InChI=1S/C20H27N3O2/c1-20(2,3)19-21-11-14-12-23(10-9-16(14)22-19)13-15-17(24-4)7-6-8-18(15)25-5/h6-8,11H,9-10,12-13H2,1-5H3. The molecule has 0 fully saturated rings. The molecule has 1 aromatic carbocycles. The number of methoxy groups -OCH3 is 2. The van der Waals surface area contributed by atoms with Crippen molar-refractivity contribution in [3.63, 3.8) is 0 Å². The third kappa shape index (κ3) is 3.76. The highest BCUT2D eigenvalue weighted by atomic mass is 16.5. The minimum absolute atomic E-state index is 0.0169. The van der Waals surface area contributed by atoms with Gasteiger partial charge in [0.05, 0.1) is 19.8 Å². The van der Waals surface area contributed by atoms with E-state index < -0.39 is 0 Å². The van der Waals surface area contributed by atoms with Crippen molar-refractivity contribution in [1.29, 1.82) is 0 Å². The molecular weight excluding hydrogens is 314 g/mol. The zero-order valence-electron chi connectivity index (χ0n) is 15.8. The Kier molecular flexibility index (Phi) is 4.95. The highest BCUT2D eigenvalue weighted by Gasteiger charge is 2.24. The predicted molar refractivity (Wildman–Crippen MR) is 98.1 cm³/mol. The summed E-state index contributed by atoms with van der Waals surface area (Å²) in [6, 6.07) is 5.91. The smallest absolute Gasteiger partial charge is 0.133 e. The maximum absolute atomic E-state index is 5.52. The van der Waals surface area contributed by atoms with Crippen LogP contribution in [0.15, 0.2) is 24.4 Å². The Bertz CT molecular complexity index is 731. The molecule has 1 aliphatic rings. The normalized spacial score (nSPS) is 14.9. The topological polar surface area (TPSA) is 47.5 Å². The molecule has 0 N–H and O–H groups in total. The third-order valence-electron chi connectivity index (χ3n) is 4.60. The second-order valence-corrected chi connectivity index (χ2v) is 7.52. The first-order chi connectivity index (χ1) is 11.9. The van der Waals surface area contributed by atoms with E-state index in [1.54, 1.807) is 14.2 Å². The lowest BCUT2D eigenvalue weighted by molar-refractivity contribution is 0.234. The first-order valence-corrected chi connectivity index (χ1v) is 8.70. The molecule has 0 atom stereocenters. The van der Waals surface area contributed by atoms with Crippen LogP contribution in [-0.4, -0.2) is 35.6 Å². The molecular formula is C20H27N3O2. The molecule has 25 heavy (non-hydrogen) atoms. The van der Waals surface area contributed by atoms with Gasteiger partial charge in [-0.3, -0.25) is 4.90 Å². The summed E-state index contributed by atoms with van der Waals surface area (Å²) >= 11 is 0. The van der Waals surface area contributed by atoms with Crippen molar-refractivity contribution in [2.24, 2.45) is 0 Å². The molecule has 0 saturated heterocycles. The Morgan fingerprint density at radius 1 is 1.12 bits per heavy atom. The van der Waals surface area contributed by atoms with Crippen molar-refractivity contribution < 1.29 is 9.47 Å². The number of hydrogen-bond donors (Lipinski definition) is 0. The van der Waals surface area contributed by atoms with E-state index in [0.29, 0.717) is 0 Å². The molecule has 2 aromatic rings. The average Bonchev–Trinajstić information content (AvgIpc) is 2.60. The van der Waals surface area contributed by atoms with Crippen molar-refractivity contribution in [2.75, 3.05) is 20.8 Å². The number of nitrogens with zero attached hydrogens (tertiary/aromatic N) is 3. The Hall–Kier alpha value is -2.14. The van der Waals surface area contributed by atoms with Crippen LogP contribution in [0.3, 0.4) is 0 Å². The van der Waals surface area contributed by atoms with Gasteiger partial charge in [0.2, 0.25) is 0 Å². The van der Waals surface area contributed by atoms with E-state index >= 15 is 0 Å². The SMILES string of the molecule is COc1cccc(OC)c1CN1CCc2nc(C(C)(C)C)ncc2C1. The summed E-state index contributed by atoms with van der Waals surface area (Å²) in [5.41, 5.74) is 3.47. The van der Waals surface area contributed by atoms with Crippen LogP contribution in [0.1, 0.15) is 43.4 Å². The number of hydrogen-bond acceptors (Lipinski definition) is 5. The predicted octanol–water partition coefficient (Wildman–Crippen LogP) is 3.35. The summed E-state index contributed by atoms with van der Waals surface area (Å²) in [6.45, 7) is 9.05. The summed E-state index contributed by atoms with van der Waals surface area (Å²) in [5, 5.41) is 0. The molecule has 2 heterocycles. The van der Waals surface area contributed by atoms with Crippen molar-refractivity contribution in [1.82, 2.24) is 14.9 Å². The van der Waals surface area contributed by atoms with E-state index in [1.165, 1.54) is 11.3 Å². The number of fused-ring (bicyclic) bond motifs is 1. The molecule has 1 aromatic heterocycles.